The maximum atomic E-state index is 5.88. The largest absolute Gasteiger partial charge is 0.490 e. The molecule has 82 valence electrons. The molecule has 0 amide bonds. The average molecular weight is 206 g/mol. The predicted octanol–water partition coefficient (Wildman–Crippen LogP) is 1.99. The molecular weight excluding hydrogens is 188 g/mol. The third-order valence-electron chi connectivity index (χ3n) is 3.03. The van der Waals surface area contributed by atoms with E-state index in [1.165, 1.54) is 12.8 Å². The fraction of sp³-hybridized carbons (Fsp3) is 0.583. The number of nitrogens with one attached hydrogen (secondary N) is 1. The maximum absolute atomic E-state index is 5.88. The number of aromatic nitrogens is 1. The molecule has 1 fully saturated rings. The molecule has 0 bridgehead atoms. The first kappa shape index (κ1) is 10.4. The van der Waals surface area contributed by atoms with Crippen LogP contribution in [-0.4, -0.2) is 24.2 Å². The van der Waals surface area contributed by atoms with Crippen LogP contribution >= 0.6 is 0 Å². The molecule has 1 aromatic heterocycles. The summed E-state index contributed by atoms with van der Waals surface area (Å²) in [4.78, 5) is 3.97. The number of pyridine rings is 1. The Hall–Kier alpha value is -1.09. The lowest BCUT2D eigenvalue weighted by molar-refractivity contribution is 0.141. The van der Waals surface area contributed by atoms with Crippen molar-refractivity contribution in [3.63, 3.8) is 0 Å². The van der Waals surface area contributed by atoms with Gasteiger partial charge in [-0.05, 0) is 44.9 Å². The molecule has 0 saturated heterocycles. The molecule has 0 aromatic carbocycles. The fourth-order valence-electron chi connectivity index (χ4n) is 2.08. The third-order valence-corrected chi connectivity index (χ3v) is 3.03. The number of nitrogens with zero attached hydrogens (tertiary/aromatic N) is 1. The zero-order chi connectivity index (χ0) is 10.5. The Kier molecular flexibility index (Phi) is 3.56. The monoisotopic (exact) mass is 206 g/mol. The lowest BCUT2D eigenvalue weighted by Crippen LogP contribution is -2.34. The second-order valence-corrected chi connectivity index (χ2v) is 4.06. The second-order valence-electron chi connectivity index (χ2n) is 4.06. The summed E-state index contributed by atoms with van der Waals surface area (Å²) in [5, 5.41) is 3.32. The van der Waals surface area contributed by atoms with Crippen LogP contribution in [-0.2, 0) is 0 Å². The number of rotatable bonds is 3. The van der Waals surface area contributed by atoms with Gasteiger partial charge in [0.2, 0.25) is 0 Å². The Morgan fingerprint density at radius 3 is 2.47 bits per heavy atom. The third kappa shape index (κ3) is 2.93. The van der Waals surface area contributed by atoms with E-state index in [1.54, 1.807) is 12.4 Å². The van der Waals surface area contributed by atoms with Crippen LogP contribution in [0.3, 0.4) is 0 Å². The maximum Gasteiger partial charge on any atom is 0.122 e. The lowest BCUT2D eigenvalue weighted by atomic mass is 9.93. The molecule has 1 heterocycles. The van der Waals surface area contributed by atoms with Crippen molar-refractivity contribution in [3.05, 3.63) is 24.5 Å². The van der Waals surface area contributed by atoms with Gasteiger partial charge in [-0.2, -0.15) is 0 Å². The van der Waals surface area contributed by atoms with E-state index in [0.717, 1.165) is 18.6 Å². The molecule has 0 spiro atoms. The summed E-state index contributed by atoms with van der Waals surface area (Å²) >= 11 is 0. The molecule has 1 aliphatic rings. The summed E-state index contributed by atoms with van der Waals surface area (Å²) < 4.78 is 5.88. The van der Waals surface area contributed by atoms with Crippen molar-refractivity contribution in [1.82, 2.24) is 10.3 Å². The highest BCUT2D eigenvalue weighted by molar-refractivity contribution is 5.17. The van der Waals surface area contributed by atoms with Gasteiger partial charge in [0, 0.05) is 18.4 Å². The van der Waals surface area contributed by atoms with E-state index in [9.17, 15) is 0 Å². The van der Waals surface area contributed by atoms with Gasteiger partial charge in [0.1, 0.15) is 5.75 Å². The molecule has 0 radical (unpaired) electrons. The molecule has 1 aromatic rings. The SMILES string of the molecule is CNC1CCC(Oc2ccncc2)CC1. The molecule has 1 N–H and O–H groups in total. The van der Waals surface area contributed by atoms with Crippen LogP contribution < -0.4 is 10.1 Å². The van der Waals surface area contributed by atoms with Crippen LogP contribution in [0.15, 0.2) is 24.5 Å². The normalized spacial score (nSPS) is 26.2. The first-order valence-electron chi connectivity index (χ1n) is 5.62. The first-order chi connectivity index (χ1) is 7.38. The molecule has 15 heavy (non-hydrogen) atoms. The van der Waals surface area contributed by atoms with Crippen molar-refractivity contribution < 1.29 is 4.74 Å². The van der Waals surface area contributed by atoms with Crippen LogP contribution in [0.2, 0.25) is 0 Å². The zero-order valence-corrected chi connectivity index (χ0v) is 9.15. The predicted molar refractivity (Wildman–Crippen MR) is 60.0 cm³/mol. The topological polar surface area (TPSA) is 34.1 Å². The molecule has 0 unspecified atom stereocenters. The van der Waals surface area contributed by atoms with Gasteiger partial charge in [0.15, 0.2) is 0 Å². The van der Waals surface area contributed by atoms with Gasteiger partial charge >= 0.3 is 0 Å². The van der Waals surface area contributed by atoms with E-state index in [0.29, 0.717) is 12.1 Å². The summed E-state index contributed by atoms with van der Waals surface area (Å²) in [7, 11) is 2.04. The van der Waals surface area contributed by atoms with Crippen molar-refractivity contribution in [2.45, 2.75) is 37.8 Å². The summed E-state index contributed by atoms with van der Waals surface area (Å²) in [6.07, 6.45) is 8.65. The fourth-order valence-corrected chi connectivity index (χ4v) is 2.08. The minimum absolute atomic E-state index is 0.386. The number of ether oxygens (including phenoxy) is 1. The minimum atomic E-state index is 0.386. The smallest absolute Gasteiger partial charge is 0.122 e. The standard InChI is InChI=1S/C12H18N2O/c1-13-10-2-4-11(5-3-10)15-12-6-8-14-9-7-12/h6-11,13H,2-5H2,1H3. The average Bonchev–Trinajstić information content (AvgIpc) is 2.31. The van der Waals surface area contributed by atoms with E-state index in [1.807, 2.05) is 19.2 Å². The molecule has 1 aliphatic carbocycles. The van der Waals surface area contributed by atoms with Gasteiger partial charge in [-0.1, -0.05) is 0 Å². The zero-order valence-electron chi connectivity index (χ0n) is 9.15. The van der Waals surface area contributed by atoms with Gasteiger partial charge in [-0.3, -0.25) is 4.98 Å². The first-order valence-corrected chi connectivity index (χ1v) is 5.62. The summed E-state index contributed by atoms with van der Waals surface area (Å²) in [5.41, 5.74) is 0. The van der Waals surface area contributed by atoms with Crippen LogP contribution in [0.25, 0.3) is 0 Å². The van der Waals surface area contributed by atoms with Gasteiger partial charge in [0.05, 0.1) is 6.10 Å². The van der Waals surface area contributed by atoms with Gasteiger partial charge < -0.3 is 10.1 Å². The van der Waals surface area contributed by atoms with Crippen LogP contribution in [0.5, 0.6) is 5.75 Å². The van der Waals surface area contributed by atoms with E-state index in [4.69, 9.17) is 4.74 Å². The van der Waals surface area contributed by atoms with Crippen molar-refractivity contribution in [3.8, 4) is 5.75 Å². The van der Waals surface area contributed by atoms with Crippen molar-refractivity contribution in [2.75, 3.05) is 7.05 Å². The Bertz CT molecular complexity index is 281. The summed E-state index contributed by atoms with van der Waals surface area (Å²) in [6, 6.07) is 4.52. The molecule has 3 heteroatoms. The van der Waals surface area contributed by atoms with Crippen LogP contribution in [0, 0.1) is 0 Å². The van der Waals surface area contributed by atoms with Crippen LogP contribution in [0.4, 0.5) is 0 Å². The summed E-state index contributed by atoms with van der Waals surface area (Å²) in [5.74, 6) is 0.943. The Balaban J connectivity index is 1.82. The van der Waals surface area contributed by atoms with Crippen molar-refractivity contribution in [2.24, 2.45) is 0 Å². The molecular formula is C12H18N2O. The Labute approximate surface area is 90.9 Å². The molecule has 1 saturated carbocycles. The molecule has 0 aliphatic heterocycles. The highest BCUT2D eigenvalue weighted by atomic mass is 16.5. The van der Waals surface area contributed by atoms with E-state index in [2.05, 4.69) is 10.3 Å². The quantitative estimate of drug-likeness (QED) is 0.821. The van der Waals surface area contributed by atoms with E-state index >= 15 is 0 Å². The second kappa shape index (κ2) is 5.12. The molecule has 2 rings (SSSR count). The highest BCUT2D eigenvalue weighted by Crippen LogP contribution is 2.23. The van der Waals surface area contributed by atoms with Gasteiger partial charge in [-0.15, -0.1) is 0 Å². The van der Waals surface area contributed by atoms with Gasteiger partial charge in [0.25, 0.3) is 0 Å². The summed E-state index contributed by atoms with van der Waals surface area (Å²) in [6.45, 7) is 0. The number of hydrogen-bond acceptors (Lipinski definition) is 3. The number of hydrogen-bond donors (Lipinski definition) is 1. The molecule has 0 atom stereocenters. The van der Waals surface area contributed by atoms with E-state index in [-0.39, 0.29) is 0 Å². The van der Waals surface area contributed by atoms with Crippen molar-refractivity contribution in [1.29, 1.82) is 0 Å². The Morgan fingerprint density at radius 1 is 1.20 bits per heavy atom. The van der Waals surface area contributed by atoms with Gasteiger partial charge in [-0.25, -0.2) is 0 Å². The minimum Gasteiger partial charge on any atom is -0.490 e. The molecule has 3 nitrogen and oxygen atoms in total. The van der Waals surface area contributed by atoms with Crippen molar-refractivity contribution >= 4 is 0 Å². The highest BCUT2D eigenvalue weighted by Gasteiger charge is 2.20. The lowest BCUT2D eigenvalue weighted by Gasteiger charge is -2.28. The van der Waals surface area contributed by atoms with Crippen LogP contribution in [0.1, 0.15) is 25.7 Å². The van der Waals surface area contributed by atoms with E-state index < -0.39 is 0 Å². The Morgan fingerprint density at radius 2 is 1.87 bits per heavy atom.